The van der Waals surface area contributed by atoms with Crippen LogP contribution in [0.4, 0.5) is 0 Å². The molecule has 0 aliphatic carbocycles. The minimum absolute atomic E-state index is 0.703. The van der Waals surface area contributed by atoms with Crippen LogP contribution in [-0.2, 0) is 13.1 Å². The Labute approximate surface area is 104 Å². The summed E-state index contributed by atoms with van der Waals surface area (Å²) in [6.07, 6.45) is 8.01. The molecule has 0 amide bonds. The van der Waals surface area contributed by atoms with Crippen molar-refractivity contribution < 1.29 is 0 Å². The third kappa shape index (κ3) is 3.30. The minimum Gasteiger partial charge on any atom is -0.318 e. The summed E-state index contributed by atoms with van der Waals surface area (Å²) in [7, 11) is 2.04. The Morgan fingerprint density at radius 1 is 1.53 bits per heavy atom. The molecular weight excluding hydrogens is 212 g/mol. The Hall–Kier alpha value is -0.870. The molecule has 1 aliphatic heterocycles. The number of aryl methyl sites for hydroxylation is 1. The minimum atomic E-state index is 0.703. The average Bonchev–Trinajstić information content (AvgIpc) is 2.91. The first-order valence-electron chi connectivity index (χ1n) is 6.73. The van der Waals surface area contributed by atoms with E-state index in [1.54, 1.807) is 0 Å². The number of hydrogen-bond donors (Lipinski definition) is 1. The van der Waals surface area contributed by atoms with Crippen LogP contribution in [0.1, 0.15) is 31.7 Å². The van der Waals surface area contributed by atoms with Gasteiger partial charge in [-0.05, 0) is 32.9 Å². The maximum absolute atomic E-state index is 4.39. The van der Waals surface area contributed by atoms with Crippen LogP contribution in [0, 0.1) is 0 Å². The molecule has 0 aromatic carbocycles. The number of nitrogens with one attached hydrogen (secondary N) is 1. The van der Waals surface area contributed by atoms with Crippen molar-refractivity contribution in [1.82, 2.24) is 20.0 Å². The second-order valence-electron chi connectivity index (χ2n) is 4.94. The van der Waals surface area contributed by atoms with Crippen molar-refractivity contribution in [1.29, 1.82) is 0 Å². The highest BCUT2D eigenvalue weighted by atomic mass is 15.3. The van der Waals surface area contributed by atoms with Gasteiger partial charge in [0.2, 0.25) is 0 Å². The van der Waals surface area contributed by atoms with Gasteiger partial charge in [-0.2, -0.15) is 5.10 Å². The van der Waals surface area contributed by atoms with E-state index in [0.29, 0.717) is 6.04 Å². The topological polar surface area (TPSA) is 33.1 Å². The van der Waals surface area contributed by atoms with Crippen LogP contribution < -0.4 is 5.32 Å². The molecule has 1 aliphatic rings. The van der Waals surface area contributed by atoms with E-state index in [1.807, 2.05) is 13.2 Å². The van der Waals surface area contributed by atoms with E-state index in [4.69, 9.17) is 0 Å². The highest BCUT2D eigenvalue weighted by Gasteiger charge is 2.23. The van der Waals surface area contributed by atoms with Crippen molar-refractivity contribution in [3.05, 3.63) is 18.0 Å². The van der Waals surface area contributed by atoms with E-state index in [9.17, 15) is 0 Å². The van der Waals surface area contributed by atoms with Crippen molar-refractivity contribution in [3.8, 4) is 0 Å². The van der Waals surface area contributed by atoms with Crippen LogP contribution in [0.25, 0.3) is 0 Å². The molecule has 0 spiro atoms. The summed E-state index contributed by atoms with van der Waals surface area (Å²) < 4.78 is 2.05. The lowest BCUT2D eigenvalue weighted by Crippen LogP contribution is -2.36. The maximum atomic E-state index is 4.39. The molecule has 1 fully saturated rings. The van der Waals surface area contributed by atoms with Crippen LogP contribution in [0.15, 0.2) is 12.4 Å². The van der Waals surface area contributed by atoms with Crippen molar-refractivity contribution in [2.75, 3.05) is 20.1 Å². The smallest absolute Gasteiger partial charge is 0.0534 e. The first kappa shape index (κ1) is 12.6. The summed E-state index contributed by atoms with van der Waals surface area (Å²) in [6.45, 7) is 6.59. The summed E-state index contributed by atoms with van der Waals surface area (Å²) in [5, 5.41) is 7.68. The zero-order valence-corrected chi connectivity index (χ0v) is 11.0. The molecule has 4 heteroatoms. The second kappa shape index (κ2) is 6.17. The lowest BCUT2D eigenvalue weighted by molar-refractivity contribution is 0.242. The quantitative estimate of drug-likeness (QED) is 0.812. The Bertz CT molecular complexity index is 334. The van der Waals surface area contributed by atoms with Crippen molar-refractivity contribution in [2.45, 2.75) is 45.3 Å². The van der Waals surface area contributed by atoms with Crippen molar-refractivity contribution in [3.63, 3.8) is 0 Å². The molecule has 1 N–H and O–H groups in total. The summed E-state index contributed by atoms with van der Waals surface area (Å²) in [6, 6.07) is 0.703. The molecule has 4 nitrogen and oxygen atoms in total. The zero-order chi connectivity index (χ0) is 12.1. The number of likely N-dealkylation sites (N-methyl/N-ethyl adjacent to an activating group) is 1. The first-order valence-corrected chi connectivity index (χ1v) is 6.73. The van der Waals surface area contributed by atoms with E-state index in [1.165, 1.54) is 24.9 Å². The van der Waals surface area contributed by atoms with Gasteiger partial charge in [0.1, 0.15) is 0 Å². The van der Waals surface area contributed by atoms with Gasteiger partial charge in [0, 0.05) is 37.4 Å². The van der Waals surface area contributed by atoms with Crippen LogP contribution >= 0.6 is 0 Å². The maximum Gasteiger partial charge on any atom is 0.0534 e. The van der Waals surface area contributed by atoms with Gasteiger partial charge in [-0.1, -0.05) is 6.92 Å². The Morgan fingerprint density at radius 2 is 2.41 bits per heavy atom. The van der Waals surface area contributed by atoms with E-state index in [-0.39, 0.29) is 0 Å². The van der Waals surface area contributed by atoms with Gasteiger partial charge in [-0.15, -0.1) is 0 Å². The highest BCUT2D eigenvalue weighted by Crippen LogP contribution is 2.19. The number of hydrogen-bond acceptors (Lipinski definition) is 3. The second-order valence-corrected chi connectivity index (χ2v) is 4.94. The zero-order valence-electron chi connectivity index (χ0n) is 11.0. The number of nitrogens with zero attached hydrogens (tertiary/aromatic N) is 3. The Balaban J connectivity index is 1.90. The lowest BCUT2D eigenvalue weighted by atomic mass is 10.2. The largest absolute Gasteiger partial charge is 0.318 e. The standard InChI is InChI=1S/C13H24N4/c1-3-6-17-11-12(8-15-17)10-16-7-4-5-13(16)9-14-2/h8,11,13-14H,3-7,9-10H2,1-2H3. The average molecular weight is 236 g/mol. The molecule has 1 saturated heterocycles. The summed E-state index contributed by atoms with van der Waals surface area (Å²) >= 11 is 0. The monoisotopic (exact) mass is 236 g/mol. The van der Waals surface area contributed by atoms with Crippen molar-refractivity contribution >= 4 is 0 Å². The van der Waals surface area contributed by atoms with Gasteiger partial charge in [0.15, 0.2) is 0 Å². The van der Waals surface area contributed by atoms with Gasteiger partial charge >= 0.3 is 0 Å². The number of likely N-dealkylation sites (tertiary alicyclic amines) is 1. The molecule has 96 valence electrons. The van der Waals surface area contributed by atoms with E-state index < -0.39 is 0 Å². The fourth-order valence-electron chi connectivity index (χ4n) is 2.64. The molecule has 1 atom stereocenters. The molecule has 0 saturated carbocycles. The molecule has 1 unspecified atom stereocenters. The first-order chi connectivity index (χ1) is 8.33. The normalized spacial score (nSPS) is 21.2. The van der Waals surface area contributed by atoms with Gasteiger partial charge in [-0.25, -0.2) is 0 Å². The molecule has 2 rings (SSSR count). The van der Waals surface area contributed by atoms with E-state index in [0.717, 1.165) is 26.1 Å². The van der Waals surface area contributed by atoms with Gasteiger partial charge in [-0.3, -0.25) is 9.58 Å². The summed E-state index contributed by atoms with van der Waals surface area (Å²) in [5.74, 6) is 0. The molecule has 2 heterocycles. The van der Waals surface area contributed by atoms with Crippen LogP contribution in [0.5, 0.6) is 0 Å². The fourth-order valence-corrected chi connectivity index (χ4v) is 2.64. The van der Waals surface area contributed by atoms with E-state index in [2.05, 4.69) is 33.1 Å². The Morgan fingerprint density at radius 3 is 3.18 bits per heavy atom. The number of aromatic nitrogens is 2. The fraction of sp³-hybridized carbons (Fsp3) is 0.769. The van der Waals surface area contributed by atoms with Gasteiger partial charge < -0.3 is 5.32 Å². The molecule has 0 radical (unpaired) electrons. The third-order valence-electron chi connectivity index (χ3n) is 3.46. The number of rotatable bonds is 6. The van der Waals surface area contributed by atoms with E-state index >= 15 is 0 Å². The summed E-state index contributed by atoms with van der Waals surface area (Å²) in [4.78, 5) is 2.57. The van der Waals surface area contributed by atoms with Crippen LogP contribution in [0.2, 0.25) is 0 Å². The molecule has 17 heavy (non-hydrogen) atoms. The third-order valence-corrected chi connectivity index (χ3v) is 3.46. The predicted octanol–water partition coefficient (Wildman–Crippen LogP) is 1.48. The van der Waals surface area contributed by atoms with Crippen LogP contribution in [0.3, 0.4) is 0 Å². The molecule has 1 aromatic heterocycles. The molecule has 0 bridgehead atoms. The summed E-state index contributed by atoms with van der Waals surface area (Å²) in [5.41, 5.74) is 1.35. The van der Waals surface area contributed by atoms with Crippen LogP contribution in [-0.4, -0.2) is 40.9 Å². The lowest BCUT2D eigenvalue weighted by Gasteiger charge is -2.23. The van der Waals surface area contributed by atoms with Crippen molar-refractivity contribution in [2.24, 2.45) is 0 Å². The SMILES string of the molecule is CCCn1cc(CN2CCCC2CNC)cn1. The van der Waals surface area contributed by atoms with Gasteiger partial charge in [0.05, 0.1) is 6.20 Å². The van der Waals surface area contributed by atoms with Gasteiger partial charge in [0.25, 0.3) is 0 Å². The predicted molar refractivity (Wildman–Crippen MR) is 69.9 cm³/mol. The molecule has 1 aromatic rings. The highest BCUT2D eigenvalue weighted by molar-refractivity contribution is 5.04. The molecular formula is C13H24N4. The Kier molecular flexibility index (Phi) is 4.57.